The lowest BCUT2D eigenvalue weighted by Gasteiger charge is -2.32. The first-order chi connectivity index (χ1) is 18.0. The normalized spacial score (nSPS) is 17.4. The molecule has 0 unspecified atom stereocenters. The van der Waals surface area contributed by atoms with Crippen LogP contribution >= 0.6 is 23.1 Å². The minimum atomic E-state index is -0.391. The summed E-state index contributed by atoms with van der Waals surface area (Å²) in [5.74, 6) is 0.857. The van der Waals surface area contributed by atoms with Crippen molar-refractivity contribution in [1.29, 1.82) is 0 Å². The number of nitrogens with zero attached hydrogens (tertiary/aromatic N) is 4. The molecule has 0 aromatic carbocycles. The van der Waals surface area contributed by atoms with Crippen molar-refractivity contribution >= 4 is 52.1 Å². The molecule has 2 aliphatic rings. The smallest absolute Gasteiger partial charge is 0.290 e. The van der Waals surface area contributed by atoms with Crippen LogP contribution in [0.2, 0.25) is 0 Å². The molecule has 2 N–H and O–H groups in total. The van der Waals surface area contributed by atoms with Gasteiger partial charge in [-0.15, -0.1) is 11.3 Å². The number of amides is 2. The summed E-state index contributed by atoms with van der Waals surface area (Å²) in [6.07, 6.45) is 7.12. The van der Waals surface area contributed by atoms with E-state index in [4.69, 9.17) is 0 Å². The summed E-state index contributed by atoms with van der Waals surface area (Å²) in [5.41, 5.74) is 2.65. The van der Waals surface area contributed by atoms with Crippen molar-refractivity contribution in [3.63, 3.8) is 0 Å². The fraction of sp³-hybridized carbons (Fsp3) is 0.308. The number of aromatic nitrogens is 3. The van der Waals surface area contributed by atoms with Crippen LogP contribution in [0, 0.1) is 5.92 Å². The van der Waals surface area contributed by atoms with Crippen molar-refractivity contribution < 1.29 is 14.4 Å². The Kier molecular flexibility index (Phi) is 7.73. The second-order valence-corrected chi connectivity index (χ2v) is 11.0. The van der Waals surface area contributed by atoms with Crippen molar-refractivity contribution in [3.05, 3.63) is 63.8 Å². The second kappa shape index (κ2) is 11.3. The van der Waals surface area contributed by atoms with E-state index in [1.807, 2.05) is 18.2 Å². The first-order valence-electron chi connectivity index (χ1n) is 12.0. The average molecular weight is 535 g/mol. The summed E-state index contributed by atoms with van der Waals surface area (Å²) in [6.45, 7) is 4.90. The van der Waals surface area contributed by atoms with Crippen molar-refractivity contribution in [1.82, 2.24) is 25.6 Å². The van der Waals surface area contributed by atoms with Crippen LogP contribution < -0.4 is 15.5 Å². The zero-order chi connectivity index (χ0) is 25.8. The number of nitrogens with one attached hydrogen (secondary N) is 2. The second-order valence-electron chi connectivity index (χ2n) is 8.93. The average Bonchev–Trinajstić information content (AvgIpc) is 3.51. The predicted molar refractivity (Wildman–Crippen MR) is 145 cm³/mol. The molecular weight excluding hydrogens is 508 g/mol. The highest BCUT2D eigenvalue weighted by Crippen LogP contribution is 2.30. The van der Waals surface area contributed by atoms with Gasteiger partial charge in [0.15, 0.2) is 5.78 Å². The number of carbonyl (C=O) groups is 3. The molecule has 2 saturated heterocycles. The van der Waals surface area contributed by atoms with Crippen LogP contribution in [0.3, 0.4) is 0 Å². The Labute approximate surface area is 222 Å². The number of ketones is 1. The maximum absolute atomic E-state index is 11.8. The van der Waals surface area contributed by atoms with E-state index < -0.39 is 5.91 Å². The summed E-state index contributed by atoms with van der Waals surface area (Å²) in [7, 11) is 0. The summed E-state index contributed by atoms with van der Waals surface area (Å²) in [6, 6.07) is 9.58. The van der Waals surface area contributed by atoms with Gasteiger partial charge in [0.2, 0.25) is 5.95 Å². The van der Waals surface area contributed by atoms with Gasteiger partial charge in [0, 0.05) is 32.0 Å². The van der Waals surface area contributed by atoms with Gasteiger partial charge >= 0.3 is 0 Å². The number of anilines is 1. The highest BCUT2D eigenvalue weighted by atomic mass is 32.2. The van der Waals surface area contributed by atoms with Crippen LogP contribution in [-0.4, -0.2) is 51.5 Å². The quantitative estimate of drug-likeness (QED) is 0.325. The van der Waals surface area contributed by atoms with Crippen LogP contribution in [-0.2, 0) is 11.3 Å². The Bertz CT molecular complexity index is 1360. The minimum Gasteiger partial charge on any atom is -0.341 e. The number of thioether (sulfide) groups is 1. The molecule has 5 heterocycles. The standard InChI is InChI=1S/C26H26N6O3S2/c1-16(33)20-4-5-21(36-20)23-18(3-2-9-28-23)15-27-14-17-7-11-32(12-8-17)25-29-10-6-19(30-25)13-22-24(34)31-26(35)37-22/h2-6,9-10,13,17,27H,7-8,11-12,14-15H2,1H3,(H,31,34,35)/b22-13-. The molecule has 0 atom stereocenters. The van der Waals surface area contributed by atoms with E-state index in [1.165, 1.54) is 11.3 Å². The molecule has 11 heteroatoms. The van der Waals surface area contributed by atoms with Gasteiger partial charge in [-0.3, -0.25) is 24.7 Å². The lowest BCUT2D eigenvalue weighted by molar-refractivity contribution is -0.115. The van der Waals surface area contributed by atoms with Gasteiger partial charge in [-0.05, 0) is 79.9 Å². The molecule has 190 valence electrons. The molecule has 9 nitrogen and oxygen atoms in total. The number of Topliss-reactive ketones (excluding diaryl/α,β-unsaturated/α-hetero) is 1. The molecule has 0 saturated carbocycles. The van der Waals surface area contributed by atoms with Crippen molar-refractivity contribution in [2.75, 3.05) is 24.5 Å². The molecule has 2 amide bonds. The van der Waals surface area contributed by atoms with E-state index in [0.717, 1.165) is 65.2 Å². The number of pyridine rings is 1. The van der Waals surface area contributed by atoms with E-state index in [2.05, 4.69) is 36.6 Å². The van der Waals surface area contributed by atoms with E-state index in [1.54, 1.807) is 31.5 Å². The Hall–Kier alpha value is -3.41. The van der Waals surface area contributed by atoms with Gasteiger partial charge < -0.3 is 10.2 Å². The van der Waals surface area contributed by atoms with Crippen LogP contribution in [0.4, 0.5) is 10.7 Å². The number of carbonyl (C=O) groups excluding carboxylic acids is 3. The van der Waals surface area contributed by atoms with Gasteiger partial charge in [0.05, 0.1) is 26.0 Å². The highest BCUT2D eigenvalue weighted by Gasteiger charge is 2.26. The highest BCUT2D eigenvalue weighted by molar-refractivity contribution is 8.18. The minimum absolute atomic E-state index is 0.0732. The number of hydrogen-bond donors (Lipinski definition) is 2. The molecule has 3 aromatic heterocycles. The Morgan fingerprint density at radius 3 is 2.73 bits per heavy atom. The first kappa shape index (κ1) is 25.2. The summed E-state index contributed by atoms with van der Waals surface area (Å²) in [5, 5.41) is 5.48. The third kappa shape index (κ3) is 6.12. The number of rotatable bonds is 8. The number of imide groups is 1. The number of hydrogen-bond acceptors (Lipinski definition) is 10. The Morgan fingerprint density at radius 1 is 1.16 bits per heavy atom. The van der Waals surface area contributed by atoms with Gasteiger partial charge in [-0.25, -0.2) is 9.97 Å². The Balaban J connectivity index is 1.14. The monoisotopic (exact) mass is 534 g/mol. The van der Waals surface area contributed by atoms with Crippen LogP contribution in [0.15, 0.2) is 47.6 Å². The largest absolute Gasteiger partial charge is 0.341 e. The topological polar surface area (TPSA) is 117 Å². The van der Waals surface area contributed by atoms with E-state index in [-0.39, 0.29) is 11.0 Å². The molecule has 2 fully saturated rings. The fourth-order valence-electron chi connectivity index (χ4n) is 4.36. The molecule has 0 bridgehead atoms. The fourth-order valence-corrected chi connectivity index (χ4v) is 5.96. The van der Waals surface area contributed by atoms with E-state index in [0.29, 0.717) is 29.0 Å². The lowest BCUT2D eigenvalue weighted by Crippen LogP contribution is -2.38. The zero-order valence-corrected chi connectivity index (χ0v) is 21.9. The maximum atomic E-state index is 11.8. The van der Waals surface area contributed by atoms with Gasteiger partial charge in [-0.2, -0.15) is 0 Å². The SMILES string of the molecule is CC(=O)c1ccc(-c2ncccc2CNCC2CCN(c3nccc(/C=C4\SC(=O)NC4=O)n3)CC2)s1. The Morgan fingerprint density at radius 2 is 2.00 bits per heavy atom. The number of thiophene rings is 1. The van der Waals surface area contributed by atoms with Crippen molar-refractivity contribution in [2.45, 2.75) is 26.3 Å². The molecule has 5 rings (SSSR count). The van der Waals surface area contributed by atoms with Gasteiger partial charge in [-0.1, -0.05) is 6.07 Å². The first-order valence-corrected chi connectivity index (χ1v) is 13.7. The number of piperidine rings is 1. The van der Waals surface area contributed by atoms with E-state index in [9.17, 15) is 14.4 Å². The van der Waals surface area contributed by atoms with Gasteiger partial charge in [0.1, 0.15) is 0 Å². The summed E-state index contributed by atoms with van der Waals surface area (Å²) >= 11 is 2.36. The molecule has 2 aliphatic heterocycles. The maximum Gasteiger partial charge on any atom is 0.290 e. The molecule has 0 radical (unpaired) electrons. The van der Waals surface area contributed by atoms with Crippen LogP contribution in [0.25, 0.3) is 16.6 Å². The third-order valence-electron chi connectivity index (χ3n) is 6.31. The van der Waals surface area contributed by atoms with Crippen molar-refractivity contribution in [2.24, 2.45) is 5.92 Å². The van der Waals surface area contributed by atoms with Gasteiger partial charge in [0.25, 0.3) is 11.1 Å². The lowest BCUT2D eigenvalue weighted by atomic mass is 9.97. The van der Waals surface area contributed by atoms with Crippen LogP contribution in [0.1, 0.15) is 40.7 Å². The zero-order valence-electron chi connectivity index (χ0n) is 20.3. The van der Waals surface area contributed by atoms with E-state index >= 15 is 0 Å². The molecule has 3 aromatic rings. The van der Waals surface area contributed by atoms with Crippen LogP contribution in [0.5, 0.6) is 0 Å². The van der Waals surface area contributed by atoms with Crippen molar-refractivity contribution in [3.8, 4) is 10.6 Å². The summed E-state index contributed by atoms with van der Waals surface area (Å²) in [4.78, 5) is 52.7. The molecule has 37 heavy (non-hydrogen) atoms. The predicted octanol–water partition coefficient (Wildman–Crippen LogP) is 4.13. The molecular formula is C26H26N6O3S2. The third-order valence-corrected chi connectivity index (χ3v) is 8.31. The summed E-state index contributed by atoms with van der Waals surface area (Å²) < 4.78 is 0. The molecule has 0 aliphatic carbocycles. The molecule has 0 spiro atoms.